The van der Waals surface area contributed by atoms with Gasteiger partial charge in [0.2, 0.25) is 0 Å². The van der Waals surface area contributed by atoms with Gasteiger partial charge in [0.1, 0.15) is 0 Å². The SMILES string of the molecule is O=c1[nH]nc(S(=O)(=O)N2CCCCC2)c(=O)[nH]1. The Kier molecular flexibility index (Phi) is 3.11. The van der Waals surface area contributed by atoms with E-state index in [0.29, 0.717) is 13.1 Å². The second kappa shape index (κ2) is 4.41. The lowest BCUT2D eigenvalue weighted by Gasteiger charge is -2.24. The van der Waals surface area contributed by atoms with Crippen molar-refractivity contribution >= 4 is 10.0 Å². The molecule has 2 heterocycles. The molecule has 0 saturated carbocycles. The van der Waals surface area contributed by atoms with Crippen LogP contribution in [0.2, 0.25) is 0 Å². The summed E-state index contributed by atoms with van der Waals surface area (Å²) in [6.45, 7) is 0.755. The Hall–Kier alpha value is -1.48. The first-order valence-corrected chi connectivity index (χ1v) is 6.65. The van der Waals surface area contributed by atoms with Crippen molar-refractivity contribution in [3.8, 4) is 0 Å². The topological polar surface area (TPSA) is 116 Å². The third-order valence-electron chi connectivity index (χ3n) is 2.58. The van der Waals surface area contributed by atoms with Crippen LogP contribution < -0.4 is 11.2 Å². The highest BCUT2D eigenvalue weighted by molar-refractivity contribution is 7.89. The zero-order chi connectivity index (χ0) is 12.5. The first-order valence-electron chi connectivity index (χ1n) is 5.21. The number of nitrogens with zero attached hydrogens (tertiary/aromatic N) is 2. The molecule has 9 heteroatoms. The van der Waals surface area contributed by atoms with Crippen LogP contribution in [0.3, 0.4) is 0 Å². The molecule has 0 aliphatic carbocycles. The number of hydrogen-bond acceptors (Lipinski definition) is 5. The Labute approximate surface area is 96.7 Å². The molecule has 17 heavy (non-hydrogen) atoms. The zero-order valence-electron chi connectivity index (χ0n) is 8.97. The molecule has 1 saturated heterocycles. The molecule has 0 bridgehead atoms. The average molecular weight is 260 g/mol. The Balaban J connectivity index is 2.44. The number of sulfonamides is 1. The predicted molar refractivity (Wildman–Crippen MR) is 58.1 cm³/mol. The highest BCUT2D eigenvalue weighted by Gasteiger charge is 2.30. The van der Waals surface area contributed by atoms with E-state index in [4.69, 9.17) is 0 Å². The van der Waals surface area contributed by atoms with Gasteiger partial charge in [-0.3, -0.25) is 9.78 Å². The summed E-state index contributed by atoms with van der Waals surface area (Å²) in [5.74, 6) is 0. The summed E-state index contributed by atoms with van der Waals surface area (Å²) in [6, 6.07) is 0. The van der Waals surface area contributed by atoms with Crippen LogP contribution in [-0.4, -0.2) is 41.0 Å². The predicted octanol–water partition coefficient (Wildman–Crippen LogP) is -1.37. The van der Waals surface area contributed by atoms with E-state index in [1.165, 1.54) is 4.31 Å². The molecule has 0 spiro atoms. The lowest BCUT2D eigenvalue weighted by atomic mass is 10.2. The van der Waals surface area contributed by atoms with Crippen molar-refractivity contribution in [3.05, 3.63) is 20.8 Å². The Morgan fingerprint density at radius 1 is 1.12 bits per heavy atom. The molecule has 1 fully saturated rings. The molecule has 0 radical (unpaired) electrons. The van der Waals surface area contributed by atoms with Crippen molar-refractivity contribution < 1.29 is 8.42 Å². The highest BCUT2D eigenvalue weighted by atomic mass is 32.2. The van der Waals surface area contributed by atoms with E-state index < -0.39 is 26.3 Å². The van der Waals surface area contributed by atoms with E-state index >= 15 is 0 Å². The van der Waals surface area contributed by atoms with Gasteiger partial charge in [0.15, 0.2) is 0 Å². The molecule has 94 valence electrons. The lowest BCUT2D eigenvalue weighted by Crippen LogP contribution is -2.40. The smallest absolute Gasteiger partial charge is 0.270 e. The molecular weight excluding hydrogens is 248 g/mol. The van der Waals surface area contributed by atoms with Crippen molar-refractivity contribution in [2.75, 3.05) is 13.1 Å². The normalized spacial score (nSPS) is 18.1. The maximum atomic E-state index is 12.0. The van der Waals surface area contributed by atoms with Crippen molar-refractivity contribution in [2.24, 2.45) is 0 Å². The first-order chi connectivity index (χ1) is 8.01. The van der Waals surface area contributed by atoms with Crippen molar-refractivity contribution in [1.29, 1.82) is 0 Å². The standard InChI is InChI=1S/C8H12N4O4S/c13-6-7(10-11-8(14)9-6)17(15,16)12-4-2-1-3-5-12/h1-5H2,(H2,9,11,13,14). The maximum absolute atomic E-state index is 12.0. The third kappa shape index (κ3) is 2.29. The monoisotopic (exact) mass is 260 g/mol. The fourth-order valence-electron chi connectivity index (χ4n) is 1.74. The van der Waals surface area contributed by atoms with Crippen LogP contribution in [0.5, 0.6) is 0 Å². The third-order valence-corrected chi connectivity index (χ3v) is 4.39. The Morgan fingerprint density at radius 3 is 2.35 bits per heavy atom. The lowest BCUT2D eigenvalue weighted by molar-refractivity contribution is 0.344. The summed E-state index contributed by atoms with van der Waals surface area (Å²) in [5.41, 5.74) is -1.81. The molecule has 2 N–H and O–H groups in total. The maximum Gasteiger partial charge on any atom is 0.342 e. The van der Waals surface area contributed by atoms with E-state index in [-0.39, 0.29) is 0 Å². The zero-order valence-corrected chi connectivity index (χ0v) is 9.79. The van der Waals surface area contributed by atoms with Crippen molar-refractivity contribution in [1.82, 2.24) is 19.5 Å². The number of piperidine rings is 1. The minimum atomic E-state index is -3.90. The van der Waals surface area contributed by atoms with Crippen LogP contribution in [0, 0.1) is 0 Å². The molecule has 0 aromatic carbocycles. The van der Waals surface area contributed by atoms with E-state index in [2.05, 4.69) is 5.10 Å². The fraction of sp³-hybridized carbons (Fsp3) is 0.625. The minimum absolute atomic E-state index is 0.378. The van der Waals surface area contributed by atoms with Crippen molar-refractivity contribution in [3.63, 3.8) is 0 Å². The molecule has 8 nitrogen and oxygen atoms in total. The van der Waals surface area contributed by atoms with Gasteiger partial charge in [0.05, 0.1) is 0 Å². The quantitative estimate of drug-likeness (QED) is 0.680. The van der Waals surface area contributed by atoms with E-state index in [1.807, 2.05) is 10.1 Å². The number of aromatic amines is 2. The van der Waals surface area contributed by atoms with Gasteiger partial charge in [-0.15, -0.1) is 0 Å². The van der Waals surface area contributed by atoms with Crippen molar-refractivity contribution in [2.45, 2.75) is 24.3 Å². The van der Waals surface area contributed by atoms with Gasteiger partial charge in [-0.25, -0.2) is 18.3 Å². The average Bonchev–Trinajstić information content (AvgIpc) is 2.29. The summed E-state index contributed by atoms with van der Waals surface area (Å²) < 4.78 is 25.3. The van der Waals surface area contributed by atoms with Crippen LogP contribution in [0.25, 0.3) is 0 Å². The van der Waals surface area contributed by atoms with Crippen LogP contribution in [0.4, 0.5) is 0 Å². The number of aromatic nitrogens is 3. The molecule has 0 atom stereocenters. The van der Waals surface area contributed by atoms with Crippen LogP contribution >= 0.6 is 0 Å². The first kappa shape index (κ1) is 12.0. The molecule has 1 aromatic rings. The van der Waals surface area contributed by atoms with Gasteiger partial charge in [-0.2, -0.15) is 9.40 Å². The summed E-state index contributed by atoms with van der Waals surface area (Å²) >= 11 is 0. The molecule has 1 aromatic heterocycles. The summed E-state index contributed by atoms with van der Waals surface area (Å²) in [6.07, 6.45) is 2.50. The molecule has 1 aliphatic heterocycles. The number of hydrogen-bond donors (Lipinski definition) is 2. The second-order valence-corrected chi connectivity index (χ2v) is 5.63. The Bertz CT molecular complexity index is 611. The summed E-state index contributed by atoms with van der Waals surface area (Å²) in [4.78, 5) is 24.0. The molecule has 1 aliphatic rings. The Morgan fingerprint density at radius 2 is 1.76 bits per heavy atom. The van der Waals surface area contributed by atoms with Gasteiger partial charge in [-0.05, 0) is 12.8 Å². The molecular formula is C8H12N4O4S. The van der Waals surface area contributed by atoms with E-state index in [0.717, 1.165) is 19.3 Å². The fourth-order valence-corrected chi connectivity index (χ4v) is 3.17. The van der Waals surface area contributed by atoms with Gasteiger partial charge in [0.25, 0.3) is 20.6 Å². The molecule has 0 unspecified atom stereocenters. The summed E-state index contributed by atoms with van der Waals surface area (Å²) in [5, 5.41) is 4.58. The van der Waals surface area contributed by atoms with Gasteiger partial charge in [0, 0.05) is 13.1 Å². The minimum Gasteiger partial charge on any atom is -0.270 e. The molecule has 2 rings (SSSR count). The summed E-state index contributed by atoms with van der Waals surface area (Å²) in [7, 11) is -3.90. The van der Waals surface area contributed by atoms with E-state index in [9.17, 15) is 18.0 Å². The number of nitrogens with one attached hydrogen (secondary N) is 2. The van der Waals surface area contributed by atoms with Gasteiger partial charge < -0.3 is 0 Å². The highest BCUT2D eigenvalue weighted by Crippen LogP contribution is 2.15. The van der Waals surface area contributed by atoms with Crippen LogP contribution in [0.15, 0.2) is 14.6 Å². The van der Waals surface area contributed by atoms with Gasteiger partial charge in [-0.1, -0.05) is 6.42 Å². The molecule has 0 amide bonds. The van der Waals surface area contributed by atoms with Gasteiger partial charge >= 0.3 is 5.69 Å². The number of H-pyrrole nitrogens is 2. The van der Waals surface area contributed by atoms with Crippen LogP contribution in [0.1, 0.15) is 19.3 Å². The van der Waals surface area contributed by atoms with Crippen LogP contribution in [-0.2, 0) is 10.0 Å². The second-order valence-electron chi connectivity index (χ2n) is 3.78. The van der Waals surface area contributed by atoms with E-state index in [1.54, 1.807) is 0 Å². The number of rotatable bonds is 2. The largest absolute Gasteiger partial charge is 0.342 e.